The van der Waals surface area contributed by atoms with Crippen molar-refractivity contribution in [2.45, 2.75) is 51.5 Å². The van der Waals surface area contributed by atoms with E-state index in [1.54, 1.807) is 0 Å². The van der Waals surface area contributed by atoms with Gasteiger partial charge in [-0.15, -0.1) is 12.4 Å². The number of benzene rings is 1. The molecule has 2 heterocycles. The molecule has 2 atom stereocenters. The molecule has 6 nitrogen and oxygen atoms in total. The first-order valence-corrected chi connectivity index (χ1v) is 10.7. The van der Waals surface area contributed by atoms with Crippen molar-refractivity contribution in [3.63, 3.8) is 0 Å². The molecule has 2 aliphatic rings. The lowest BCUT2D eigenvalue weighted by molar-refractivity contribution is -0.136. The SMILES string of the molecule is CC(CC(=O)N1CCCCC1CNC(=O)Nc1ccccc1)C1CCNCC1.Cl. The number of piperidine rings is 2. The second-order valence-electron chi connectivity index (χ2n) is 8.21. The summed E-state index contributed by atoms with van der Waals surface area (Å²) in [6.45, 7) is 5.67. The molecule has 1 aromatic rings. The van der Waals surface area contributed by atoms with Crippen molar-refractivity contribution in [1.29, 1.82) is 0 Å². The minimum Gasteiger partial charge on any atom is -0.338 e. The van der Waals surface area contributed by atoms with Gasteiger partial charge in [0.05, 0.1) is 0 Å². The number of para-hydroxylation sites is 1. The number of anilines is 1. The number of likely N-dealkylation sites (tertiary alicyclic amines) is 1. The Morgan fingerprint density at radius 1 is 1.14 bits per heavy atom. The van der Waals surface area contributed by atoms with Crippen LogP contribution in [0.3, 0.4) is 0 Å². The normalized spacial score (nSPS) is 21.0. The molecule has 0 radical (unpaired) electrons. The van der Waals surface area contributed by atoms with E-state index in [9.17, 15) is 9.59 Å². The summed E-state index contributed by atoms with van der Waals surface area (Å²) in [5.41, 5.74) is 0.771. The second kappa shape index (κ2) is 12.0. The highest BCUT2D eigenvalue weighted by Crippen LogP contribution is 2.26. The van der Waals surface area contributed by atoms with Crippen molar-refractivity contribution in [3.8, 4) is 0 Å². The number of carbonyl (C=O) groups is 2. The molecule has 29 heavy (non-hydrogen) atoms. The van der Waals surface area contributed by atoms with Crippen LogP contribution < -0.4 is 16.0 Å². The fourth-order valence-corrected chi connectivity index (χ4v) is 4.42. The number of nitrogens with zero attached hydrogens (tertiary/aromatic N) is 1. The lowest BCUT2D eigenvalue weighted by Gasteiger charge is -2.37. The lowest BCUT2D eigenvalue weighted by atomic mass is 9.83. The molecule has 0 aromatic heterocycles. The highest BCUT2D eigenvalue weighted by molar-refractivity contribution is 5.89. The number of nitrogens with one attached hydrogen (secondary N) is 3. The van der Waals surface area contributed by atoms with Crippen LogP contribution in [0.1, 0.15) is 45.4 Å². The van der Waals surface area contributed by atoms with Gasteiger partial charge in [0.15, 0.2) is 0 Å². The fraction of sp³-hybridized carbons (Fsp3) is 0.636. The zero-order chi connectivity index (χ0) is 19.8. The van der Waals surface area contributed by atoms with E-state index >= 15 is 0 Å². The number of halogens is 1. The van der Waals surface area contributed by atoms with Crippen LogP contribution in [-0.2, 0) is 4.79 Å². The number of rotatable bonds is 6. The van der Waals surface area contributed by atoms with E-state index < -0.39 is 0 Å². The summed E-state index contributed by atoms with van der Waals surface area (Å²) in [4.78, 5) is 27.2. The zero-order valence-electron chi connectivity index (χ0n) is 17.4. The highest BCUT2D eigenvalue weighted by atomic mass is 35.5. The van der Waals surface area contributed by atoms with Gasteiger partial charge in [0.25, 0.3) is 0 Å². The van der Waals surface area contributed by atoms with Gasteiger partial charge < -0.3 is 20.9 Å². The number of hydrogen-bond donors (Lipinski definition) is 3. The van der Waals surface area contributed by atoms with Gasteiger partial charge >= 0.3 is 6.03 Å². The Hall–Kier alpha value is -1.79. The number of hydrogen-bond acceptors (Lipinski definition) is 3. The molecule has 7 heteroatoms. The van der Waals surface area contributed by atoms with Crippen molar-refractivity contribution >= 4 is 30.0 Å². The molecule has 2 unspecified atom stereocenters. The molecule has 3 rings (SSSR count). The molecular formula is C22H35ClN4O2. The Balaban J connectivity index is 0.00000300. The van der Waals surface area contributed by atoms with Gasteiger partial charge in [0.1, 0.15) is 0 Å². The number of carbonyl (C=O) groups excluding carboxylic acids is 2. The predicted molar refractivity (Wildman–Crippen MR) is 119 cm³/mol. The molecule has 0 aliphatic carbocycles. The molecular weight excluding hydrogens is 388 g/mol. The molecule has 162 valence electrons. The molecule has 2 fully saturated rings. The maximum absolute atomic E-state index is 13.0. The Kier molecular flexibility index (Phi) is 9.74. The van der Waals surface area contributed by atoms with Crippen LogP contribution in [-0.4, -0.2) is 49.1 Å². The molecule has 3 N–H and O–H groups in total. The maximum Gasteiger partial charge on any atom is 0.319 e. The van der Waals surface area contributed by atoms with Crippen LogP contribution in [0, 0.1) is 11.8 Å². The third-order valence-corrected chi connectivity index (χ3v) is 6.16. The first-order valence-electron chi connectivity index (χ1n) is 10.7. The second-order valence-corrected chi connectivity index (χ2v) is 8.21. The lowest BCUT2D eigenvalue weighted by Crippen LogP contribution is -2.50. The van der Waals surface area contributed by atoms with Crippen molar-refractivity contribution in [1.82, 2.24) is 15.5 Å². The Bertz CT molecular complexity index is 637. The van der Waals surface area contributed by atoms with Gasteiger partial charge in [0.2, 0.25) is 5.91 Å². The van der Waals surface area contributed by atoms with E-state index in [1.807, 2.05) is 35.2 Å². The average Bonchev–Trinajstić information content (AvgIpc) is 2.73. The molecule has 0 bridgehead atoms. The van der Waals surface area contributed by atoms with Gasteiger partial charge in [-0.2, -0.15) is 0 Å². The summed E-state index contributed by atoms with van der Waals surface area (Å²) >= 11 is 0. The Morgan fingerprint density at radius 3 is 2.59 bits per heavy atom. The van der Waals surface area contributed by atoms with Crippen molar-refractivity contribution in [2.75, 3.05) is 31.5 Å². The smallest absolute Gasteiger partial charge is 0.319 e. The summed E-state index contributed by atoms with van der Waals surface area (Å²) in [5.74, 6) is 1.32. The number of urea groups is 1. The van der Waals surface area contributed by atoms with Gasteiger partial charge in [-0.3, -0.25) is 4.79 Å². The van der Waals surface area contributed by atoms with Crippen LogP contribution in [0.2, 0.25) is 0 Å². The average molecular weight is 423 g/mol. The van der Waals surface area contributed by atoms with Crippen LogP contribution >= 0.6 is 12.4 Å². The highest BCUT2D eigenvalue weighted by Gasteiger charge is 2.30. The van der Waals surface area contributed by atoms with E-state index in [4.69, 9.17) is 0 Å². The van der Waals surface area contributed by atoms with E-state index in [-0.39, 0.29) is 30.4 Å². The maximum atomic E-state index is 13.0. The van der Waals surface area contributed by atoms with Crippen LogP contribution in [0.15, 0.2) is 30.3 Å². The monoisotopic (exact) mass is 422 g/mol. The number of amides is 3. The summed E-state index contributed by atoms with van der Waals surface area (Å²) in [5, 5.41) is 9.19. The van der Waals surface area contributed by atoms with Crippen LogP contribution in [0.4, 0.5) is 10.5 Å². The van der Waals surface area contributed by atoms with Crippen LogP contribution in [0.5, 0.6) is 0 Å². The van der Waals surface area contributed by atoms with Gasteiger partial charge in [-0.25, -0.2) is 4.79 Å². The Morgan fingerprint density at radius 2 is 1.86 bits per heavy atom. The topological polar surface area (TPSA) is 73.5 Å². The summed E-state index contributed by atoms with van der Waals surface area (Å²) in [7, 11) is 0. The third kappa shape index (κ3) is 7.19. The molecule has 0 spiro atoms. The van der Waals surface area contributed by atoms with Crippen molar-refractivity contribution in [3.05, 3.63) is 30.3 Å². The van der Waals surface area contributed by atoms with E-state index in [0.717, 1.165) is 44.6 Å². The standard InChI is InChI=1S/C22H34N4O2.ClH/c1-17(18-10-12-23-13-11-18)15-21(27)26-14-6-5-9-20(26)16-24-22(28)25-19-7-3-2-4-8-19;/h2-4,7-8,17-18,20,23H,5-6,9-16H2,1H3,(H2,24,25,28);1H. The van der Waals surface area contributed by atoms with Crippen molar-refractivity contribution in [2.24, 2.45) is 11.8 Å². The van der Waals surface area contributed by atoms with Crippen molar-refractivity contribution < 1.29 is 9.59 Å². The van der Waals surface area contributed by atoms with Crippen LogP contribution in [0.25, 0.3) is 0 Å². The molecule has 1 aromatic carbocycles. The Labute approximate surface area is 180 Å². The minimum absolute atomic E-state index is 0. The minimum atomic E-state index is -0.216. The first kappa shape index (κ1) is 23.5. The molecule has 0 saturated carbocycles. The molecule has 2 saturated heterocycles. The van der Waals surface area contributed by atoms with Gasteiger partial charge in [-0.05, 0) is 69.2 Å². The zero-order valence-corrected chi connectivity index (χ0v) is 18.2. The summed E-state index contributed by atoms with van der Waals surface area (Å²) in [6, 6.07) is 9.30. The van der Waals surface area contributed by atoms with Gasteiger partial charge in [0, 0.05) is 31.2 Å². The molecule has 2 aliphatic heterocycles. The summed E-state index contributed by atoms with van der Waals surface area (Å²) in [6.07, 6.45) is 6.08. The molecule has 3 amide bonds. The summed E-state index contributed by atoms with van der Waals surface area (Å²) < 4.78 is 0. The fourth-order valence-electron chi connectivity index (χ4n) is 4.42. The predicted octanol–water partition coefficient (Wildman–Crippen LogP) is 3.64. The van der Waals surface area contributed by atoms with E-state index in [2.05, 4.69) is 22.9 Å². The largest absolute Gasteiger partial charge is 0.338 e. The third-order valence-electron chi connectivity index (χ3n) is 6.16. The quantitative estimate of drug-likeness (QED) is 0.655. The first-order chi connectivity index (χ1) is 13.6. The van der Waals surface area contributed by atoms with E-state index in [1.165, 1.54) is 12.8 Å². The van der Waals surface area contributed by atoms with Gasteiger partial charge in [-0.1, -0.05) is 25.1 Å². The van der Waals surface area contributed by atoms with E-state index in [0.29, 0.717) is 24.8 Å².